The maximum absolute atomic E-state index is 5.44. The van der Waals surface area contributed by atoms with Gasteiger partial charge in [0.2, 0.25) is 0 Å². The van der Waals surface area contributed by atoms with Crippen LogP contribution in [0.3, 0.4) is 0 Å². The van der Waals surface area contributed by atoms with Gasteiger partial charge in [-0.3, -0.25) is 0 Å². The van der Waals surface area contributed by atoms with Gasteiger partial charge < -0.3 is 5.73 Å². The van der Waals surface area contributed by atoms with Crippen LogP contribution in [0, 0.1) is 6.92 Å². The van der Waals surface area contributed by atoms with E-state index < -0.39 is 0 Å². The van der Waals surface area contributed by atoms with E-state index in [0.717, 1.165) is 16.9 Å². The van der Waals surface area contributed by atoms with Crippen LogP contribution >= 0.6 is 0 Å². The number of nitrogens with two attached hydrogens (primary N) is 1. The molecule has 2 aromatic rings. The van der Waals surface area contributed by atoms with E-state index in [1.165, 1.54) is 0 Å². The predicted molar refractivity (Wildman–Crippen MR) is 64.2 cm³/mol. The molecule has 1 aromatic heterocycles. The van der Waals surface area contributed by atoms with Crippen LogP contribution in [0.5, 0.6) is 0 Å². The molecule has 2 N–H and O–H groups in total. The zero-order valence-electron chi connectivity index (χ0n) is 9.17. The van der Waals surface area contributed by atoms with Gasteiger partial charge in [0, 0.05) is 12.1 Å². The van der Waals surface area contributed by atoms with Crippen molar-refractivity contribution >= 4 is 6.08 Å². The Bertz CT molecular complexity index is 499. The van der Waals surface area contributed by atoms with Gasteiger partial charge in [0.25, 0.3) is 0 Å². The highest BCUT2D eigenvalue weighted by molar-refractivity contribution is 5.59. The Hall–Kier alpha value is -1.94. The monoisotopic (exact) mass is 214 g/mol. The number of aromatic nitrogens is 3. The van der Waals surface area contributed by atoms with Crippen molar-refractivity contribution in [2.75, 3.05) is 6.54 Å². The van der Waals surface area contributed by atoms with Crippen LogP contribution in [-0.2, 0) is 0 Å². The van der Waals surface area contributed by atoms with Crippen molar-refractivity contribution in [2.45, 2.75) is 6.92 Å². The van der Waals surface area contributed by atoms with Crippen LogP contribution in [0.4, 0.5) is 0 Å². The van der Waals surface area contributed by atoms with E-state index in [1.807, 2.05) is 43.3 Å². The van der Waals surface area contributed by atoms with Crippen LogP contribution < -0.4 is 5.73 Å². The molecule has 0 bridgehead atoms. The molecule has 4 heteroatoms. The third-order valence-corrected chi connectivity index (χ3v) is 2.19. The first-order chi connectivity index (χ1) is 7.81. The Kier molecular flexibility index (Phi) is 3.12. The fourth-order valence-corrected chi connectivity index (χ4v) is 1.46. The van der Waals surface area contributed by atoms with Crippen LogP contribution in [0.2, 0.25) is 0 Å². The van der Waals surface area contributed by atoms with Gasteiger partial charge in [-0.15, -0.1) is 0 Å². The summed E-state index contributed by atoms with van der Waals surface area (Å²) in [4.78, 5) is 1.63. The van der Waals surface area contributed by atoms with E-state index in [1.54, 1.807) is 11.0 Å². The fraction of sp³-hybridized carbons (Fsp3) is 0.167. The molecule has 0 aliphatic rings. The highest BCUT2D eigenvalue weighted by atomic mass is 15.5. The van der Waals surface area contributed by atoms with Gasteiger partial charge in [-0.25, -0.2) is 0 Å². The second-order valence-corrected chi connectivity index (χ2v) is 3.47. The van der Waals surface area contributed by atoms with E-state index >= 15 is 0 Å². The zero-order chi connectivity index (χ0) is 11.4. The molecule has 0 saturated heterocycles. The Morgan fingerprint density at radius 1 is 1.38 bits per heavy atom. The molecule has 0 aliphatic carbocycles. The molecule has 82 valence electrons. The summed E-state index contributed by atoms with van der Waals surface area (Å²) in [5.74, 6) is 0. The van der Waals surface area contributed by atoms with Crippen molar-refractivity contribution in [2.24, 2.45) is 5.73 Å². The molecule has 0 atom stereocenters. The summed E-state index contributed by atoms with van der Waals surface area (Å²) < 4.78 is 0. The van der Waals surface area contributed by atoms with Crippen molar-refractivity contribution in [3.8, 4) is 5.69 Å². The highest BCUT2D eigenvalue weighted by Gasteiger charge is 2.03. The average molecular weight is 214 g/mol. The smallest absolute Gasteiger partial charge is 0.0928 e. The molecule has 0 unspecified atom stereocenters. The van der Waals surface area contributed by atoms with Gasteiger partial charge in [-0.1, -0.05) is 30.4 Å². The summed E-state index contributed by atoms with van der Waals surface area (Å²) in [6.07, 6.45) is 5.63. The molecule has 0 fully saturated rings. The van der Waals surface area contributed by atoms with Gasteiger partial charge in [0.05, 0.1) is 17.6 Å². The van der Waals surface area contributed by atoms with Crippen LogP contribution in [0.25, 0.3) is 11.8 Å². The number of hydrogen-bond donors (Lipinski definition) is 1. The summed E-state index contributed by atoms with van der Waals surface area (Å²) >= 11 is 0. The minimum absolute atomic E-state index is 0.528. The number of hydrogen-bond acceptors (Lipinski definition) is 3. The van der Waals surface area contributed by atoms with Crippen molar-refractivity contribution in [3.05, 3.63) is 47.8 Å². The largest absolute Gasteiger partial charge is 0.327 e. The molecule has 2 rings (SSSR count). The Labute approximate surface area is 94.4 Å². The van der Waals surface area contributed by atoms with Gasteiger partial charge in [-0.2, -0.15) is 15.0 Å². The topological polar surface area (TPSA) is 56.7 Å². The molecule has 0 spiro atoms. The molecule has 0 aliphatic heterocycles. The summed E-state index contributed by atoms with van der Waals surface area (Å²) in [6.45, 7) is 2.45. The molecule has 1 heterocycles. The lowest BCUT2D eigenvalue weighted by Gasteiger charge is -2.03. The van der Waals surface area contributed by atoms with Crippen LogP contribution in [-0.4, -0.2) is 21.5 Å². The van der Waals surface area contributed by atoms with E-state index in [9.17, 15) is 0 Å². The first-order valence-electron chi connectivity index (χ1n) is 5.16. The first-order valence-corrected chi connectivity index (χ1v) is 5.16. The molecule has 0 saturated carbocycles. The highest BCUT2D eigenvalue weighted by Crippen LogP contribution is 2.14. The minimum Gasteiger partial charge on any atom is -0.327 e. The molecule has 4 nitrogen and oxygen atoms in total. The zero-order valence-corrected chi connectivity index (χ0v) is 9.17. The summed E-state index contributed by atoms with van der Waals surface area (Å²) in [5.41, 5.74) is 8.36. The molecule has 1 aromatic carbocycles. The molecule has 16 heavy (non-hydrogen) atoms. The van der Waals surface area contributed by atoms with Crippen molar-refractivity contribution in [1.82, 2.24) is 15.0 Å². The summed E-state index contributed by atoms with van der Waals surface area (Å²) in [5, 5.41) is 8.49. The third-order valence-electron chi connectivity index (χ3n) is 2.19. The lowest BCUT2D eigenvalue weighted by molar-refractivity contribution is 0.744. The van der Waals surface area contributed by atoms with Crippen molar-refractivity contribution in [3.63, 3.8) is 0 Å². The SMILES string of the molecule is Cc1cnn(-c2ccccc2/C=C/CN)n1. The van der Waals surface area contributed by atoms with E-state index in [-0.39, 0.29) is 0 Å². The summed E-state index contributed by atoms with van der Waals surface area (Å²) in [6, 6.07) is 7.94. The van der Waals surface area contributed by atoms with E-state index in [4.69, 9.17) is 5.73 Å². The van der Waals surface area contributed by atoms with Crippen LogP contribution in [0.15, 0.2) is 36.5 Å². The lowest BCUT2D eigenvalue weighted by atomic mass is 10.1. The second-order valence-electron chi connectivity index (χ2n) is 3.47. The standard InChI is InChI=1S/C12H14N4/c1-10-9-14-16(15-10)12-7-3-2-5-11(12)6-4-8-13/h2-7,9H,8,13H2,1H3/b6-4+. The average Bonchev–Trinajstić information content (AvgIpc) is 2.73. The van der Waals surface area contributed by atoms with Gasteiger partial charge in [0.1, 0.15) is 0 Å². The number of rotatable bonds is 3. The molecular formula is C12H14N4. The second kappa shape index (κ2) is 4.72. The first kappa shape index (κ1) is 10.6. The Balaban J connectivity index is 2.44. The molecule has 0 radical (unpaired) electrons. The van der Waals surface area contributed by atoms with Crippen LogP contribution in [0.1, 0.15) is 11.3 Å². The molecular weight excluding hydrogens is 200 g/mol. The maximum Gasteiger partial charge on any atom is 0.0928 e. The number of aryl methyl sites for hydroxylation is 1. The lowest BCUT2D eigenvalue weighted by Crippen LogP contribution is -2.01. The van der Waals surface area contributed by atoms with Gasteiger partial charge in [0.15, 0.2) is 0 Å². The normalized spacial score (nSPS) is 11.1. The number of nitrogens with zero attached hydrogens (tertiary/aromatic N) is 3. The summed E-state index contributed by atoms with van der Waals surface area (Å²) in [7, 11) is 0. The molecule has 0 amide bonds. The predicted octanol–water partition coefficient (Wildman–Crippen LogP) is 1.55. The van der Waals surface area contributed by atoms with E-state index in [2.05, 4.69) is 10.2 Å². The minimum atomic E-state index is 0.528. The quantitative estimate of drug-likeness (QED) is 0.843. The van der Waals surface area contributed by atoms with Gasteiger partial charge >= 0.3 is 0 Å². The van der Waals surface area contributed by atoms with Crippen molar-refractivity contribution in [1.29, 1.82) is 0 Å². The third kappa shape index (κ3) is 2.17. The number of para-hydroxylation sites is 1. The van der Waals surface area contributed by atoms with Crippen molar-refractivity contribution < 1.29 is 0 Å². The maximum atomic E-state index is 5.44. The number of benzene rings is 1. The fourth-order valence-electron chi connectivity index (χ4n) is 1.46. The van der Waals surface area contributed by atoms with Gasteiger partial charge in [-0.05, 0) is 13.0 Å². The Morgan fingerprint density at radius 3 is 2.88 bits per heavy atom. The van der Waals surface area contributed by atoms with E-state index in [0.29, 0.717) is 6.54 Å². The Morgan fingerprint density at radius 2 is 2.19 bits per heavy atom.